The molecule has 1 N–H and O–H groups in total. The number of fused-ring (bicyclic) bond motifs is 1. The minimum atomic E-state index is -0.0874. The molecule has 1 aromatic carbocycles. The Morgan fingerprint density at radius 2 is 2.04 bits per heavy atom. The molecule has 1 aromatic rings. The van der Waals surface area contributed by atoms with E-state index in [0.29, 0.717) is 50.3 Å². The molecule has 0 spiro atoms. The predicted octanol–water partition coefficient (Wildman–Crippen LogP) is 2.74. The number of amides is 2. The number of morpholine rings is 1. The van der Waals surface area contributed by atoms with E-state index < -0.39 is 0 Å². The number of rotatable bonds is 3. The van der Waals surface area contributed by atoms with Gasteiger partial charge in [0.05, 0.1) is 19.3 Å². The van der Waals surface area contributed by atoms with Crippen LogP contribution in [0.5, 0.6) is 11.5 Å². The lowest BCUT2D eigenvalue weighted by atomic mass is 10.0. The summed E-state index contributed by atoms with van der Waals surface area (Å²) in [5.74, 6) is 1.92. The number of hydrogen-bond acceptors (Lipinski definition) is 4. The first kappa shape index (κ1) is 15.9. The largest absolute Gasteiger partial charge is 0.486 e. The highest BCUT2D eigenvalue weighted by atomic mass is 16.6. The van der Waals surface area contributed by atoms with Crippen LogP contribution >= 0.6 is 0 Å². The standard InChI is InChI=1S/C17H24N2O4/c1-12(2)9-14-11-21-6-5-19(14)17(20)18-13-3-4-15-16(10-13)23-8-7-22-15/h3-4,10,12,14H,5-9,11H2,1-2H3,(H,18,20). The minimum Gasteiger partial charge on any atom is -0.486 e. The zero-order valence-corrected chi connectivity index (χ0v) is 13.7. The second kappa shape index (κ2) is 7.08. The molecule has 0 bridgehead atoms. The Hall–Kier alpha value is -1.95. The molecule has 1 fully saturated rings. The topological polar surface area (TPSA) is 60.0 Å². The fourth-order valence-corrected chi connectivity index (χ4v) is 2.98. The highest BCUT2D eigenvalue weighted by Gasteiger charge is 2.28. The highest BCUT2D eigenvalue weighted by Crippen LogP contribution is 2.32. The Balaban J connectivity index is 1.67. The van der Waals surface area contributed by atoms with Gasteiger partial charge in [0.15, 0.2) is 11.5 Å². The van der Waals surface area contributed by atoms with Gasteiger partial charge >= 0.3 is 6.03 Å². The number of hydrogen-bond donors (Lipinski definition) is 1. The summed E-state index contributed by atoms with van der Waals surface area (Å²) >= 11 is 0. The van der Waals surface area contributed by atoms with E-state index in [1.165, 1.54) is 0 Å². The number of benzene rings is 1. The lowest BCUT2D eigenvalue weighted by Crippen LogP contribution is -2.50. The molecule has 0 radical (unpaired) electrons. The van der Waals surface area contributed by atoms with Crippen LogP contribution in [-0.4, -0.2) is 49.9 Å². The van der Waals surface area contributed by atoms with Gasteiger partial charge in [-0.25, -0.2) is 4.79 Å². The van der Waals surface area contributed by atoms with Crippen molar-refractivity contribution in [2.45, 2.75) is 26.3 Å². The smallest absolute Gasteiger partial charge is 0.322 e. The molecule has 0 saturated carbocycles. The van der Waals surface area contributed by atoms with Gasteiger partial charge in [-0.1, -0.05) is 13.8 Å². The summed E-state index contributed by atoms with van der Waals surface area (Å²) in [4.78, 5) is 14.5. The van der Waals surface area contributed by atoms with Crippen molar-refractivity contribution in [1.82, 2.24) is 4.90 Å². The Kier molecular flexibility index (Phi) is 4.91. The molecule has 2 aliphatic rings. The number of urea groups is 1. The van der Waals surface area contributed by atoms with Gasteiger partial charge in [0.2, 0.25) is 0 Å². The molecule has 126 valence electrons. The van der Waals surface area contributed by atoms with Crippen molar-refractivity contribution in [3.05, 3.63) is 18.2 Å². The van der Waals surface area contributed by atoms with E-state index in [1.54, 1.807) is 0 Å². The van der Waals surface area contributed by atoms with Crippen LogP contribution in [-0.2, 0) is 4.74 Å². The average Bonchev–Trinajstić information content (AvgIpc) is 2.54. The fourth-order valence-electron chi connectivity index (χ4n) is 2.98. The first-order valence-electron chi connectivity index (χ1n) is 8.18. The van der Waals surface area contributed by atoms with Crippen molar-refractivity contribution in [2.75, 3.05) is 38.3 Å². The Morgan fingerprint density at radius 3 is 2.83 bits per heavy atom. The maximum absolute atomic E-state index is 12.6. The molecule has 1 saturated heterocycles. The Bertz CT molecular complexity index is 562. The van der Waals surface area contributed by atoms with Gasteiger partial charge in [0.25, 0.3) is 0 Å². The van der Waals surface area contributed by atoms with Gasteiger partial charge in [0, 0.05) is 18.3 Å². The van der Waals surface area contributed by atoms with Gasteiger partial charge in [-0.15, -0.1) is 0 Å². The second-order valence-corrected chi connectivity index (χ2v) is 6.34. The molecule has 2 aliphatic heterocycles. The SMILES string of the molecule is CC(C)CC1COCCN1C(=O)Nc1ccc2c(c1)OCCO2. The third kappa shape index (κ3) is 3.88. The fraction of sp³-hybridized carbons (Fsp3) is 0.588. The number of ether oxygens (including phenoxy) is 3. The lowest BCUT2D eigenvalue weighted by molar-refractivity contribution is 0.00857. The van der Waals surface area contributed by atoms with Crippen LogP contribution in [0.1, 0.15) is 20.3 Å². The monoisotopic (exact) mass is 320 g/mol. The third-order valence-electron chi connectivity index (χ3n) is 4.03. The van der Waals surface area contributed by atoms with E-state index >= 15 is 0 Å². The average molecular weight is 320 g/mol. The summed E-state index contributed by atoms with van der Waals surface area (Å²) in [5.41, 5.74) is 0.717. The maximum Gasteiger partial charge on any atom is 0.322 e. The van der Waals surface area contributed by atoms with E-state index in [4.69, 9.17) is 14.2 Å². The number of carbonyl (C=O) groups excluding carboxylic acids is 1. The van der Waals surface area contributed by atoms with Crippen LogP contribution in [0.3, 0.4) is 0 Å². The number of nitrogens with zero attached hydrogens (tertiary/aromatic N) is 1. The van der Waals surface area contributed by atoms with Gasteiger partial charge < -0.3 is 24.4 Å². The highest BCUT2D eigenvalue weighted by molar-refractivity contribution is 5.90. The Labute approximate surface area is 136 Å². The number of anilines is 1. The quantitative estimate of drug-likeness (QED) is 0.930. The van der Waals surface area contributed by atoms with E-state index in [1.807, 2.05) is 23.1 Å². The predicted molar refractivity (Wildman–Crippen MR) is 87.2 cm³/mol. The van der Waals surface area contributed by atoms with Crippen LogP contribution in [0.2, 0.25) is 0 Å². The van der Waals surface area contributed by atoms with E-state index in [0.717, 1.165) is 12.2 Å². The molecular formula is C17H24N2O4. The summed E-state index contributed by atoms with van der Waals surface area (Å²) in [7, 11) is 0. The molecule has 23 heavy (non-hydrogen) atoms. The normalized spacial score (nSPS) is 20.5. The molecule has 0 aliphatic carbocycles. The number of nitrogens with one attached hydrogen (secondary N) is 1. The van der Waals surface area contributed by atoms with Crippen molar-refractivity contribution < 1.29 is 19.0 Å². The summed E-state index contributed by atoms with van der Waals surface area (Å²) < 4.78 is 16.6. The van der Waals surface area contributed by atoms with Crippen LogP contribution in [0.4, 0.5) is 10.5 Å². The zero-order valence-electron chi connectivity index (χ0n) is 13.7. The first-order chi connectivity index (χ1) is 11.1. The van der Waals surface area contributed by atoms with E-state index in [9.17, 15) is 4.79 Å². The van der Waals surface area contributed by atoms with Crippen LogP contribution in [0.25, 0.3) is 0 Å². The molecule has 2 amide bonds. The summed E-state index contributed by atoms with van der Waals surface area (Å²) in [6, 6.07) is 5.51. The summed E-state index contributed by atoms with van der Waals surface area (Å²) in [6.07, 6.45) is 0.939. The van der Waals surface area contributed by atoms with Crippen molar-refractivity contribution in [2.24, 2.45) is 5.92 Å². The van der Waals surface area contributed by atoms with Gasteiger partial charge in [-0.3, -0.25) is 0 Å². The molecule has 3 rings (SSSR count). The van der Waals surface area contributed by atoms with Crippen LogP contribution in [0, 0.1) is 5.92 Å². The van der Waals surface area contributed by atoms with Crippen LogP contribution < -0.4 is 14.8 Å². The van der Waals surface area contributed by atoms with Gasteiger partial charge in [0.1, 0.15) is 13.2 Å². The molecule has 6 nitrogen and oxygen atoms in total. The molecule has 0 aromatic heterocycles. The molecule has 1 atom stereocenters. The molecular weight excluding hydrogens is 296 g/mol. The van der Waals surface area contributed by atoms with Crippen molar-refractivity contribution in [3.63, 3.8) is 0 Å². The third-order valence-corrected chi connectivity index (χ3v) is 4.03. The van der Waals surface area contributed by atoms with E-state index in [2.05, 4.69) is 19.2 Å². The lowest BCUT2D eigenvalue weighted by Gasteiger charge is -2.36. The second-order valence-electron chi connectivity index (χ2n) is 6.34. The maximum atomic E-state index is 12.6. The Morgan fingerprint density at radius 1 is 1.26 bits per heavy atom. The van der Waals surface area contributed by atoms with Gasteiger partial charge in [-0.2, -0.15) is 0 Å². The van der Waals surface area contributed by atoms with Crippen molar-refractivity contribution in [3.8, 4) is 11.5 Å². The first-order valence-corrected chi connectivity index (χ1v) is 8.18. The summed E-state index contributed by atoms with van der Waals surface area (Å²) in [6.45, 7) is 7.22. The minimum absolute atomic E-state index is 0.0874. The molecule has 6 heteroatoms. The van der Waals surface area contributed by atoms with Crippen molar-refractivity contribution >= 4 is 11.7 Å². The number of carbonyl (C=O) groups is 1. The van der Waals surface area contributed by atoms with Gasteiger partial charge in [-0.05, 0) is 24.5 Å². The molecule has 2 heterocycles. The van der Waals surface area contributed by atoms with E-state index in [-0.39, 0.29) is 12.1 Å². The zero-order chi connectivity index (χ0) is 16.2. The summed E-state index contributed by atoms with van der Waals surface area (Å²) in [5, 5.41) is 2.96. The van der Waals surface area contributed by atoms with Crippen molar-refractivity contribution in [1.29, 1.82) is 0 Å². The molecule has 1 unspecified atom stereocenters. The van der Waals surface area contributed by atoms with Crippen LogP contribution in [0.15, 0.2) is 18.2 Å².